The summed E-state index contributed by atoms with van der Waals surface area (Å²) < 4.78 is 42.1. The van der Waals surface area contributed by atoms with Crippen molar-refractivity contribution < 1.29 is 18.0 Å². The zero-order valence-electron chi connectivity index (χ0n) is 22.0. The Morgan fingerprint density at radius 2 is 2.00 bits per heavy atom. The maximum atomic E-state index is 13.5. The van der Waals surface area contributed by atoms with Crippen LogP contribution < -0.4 is 10.2 Å². The van der Waals surface area contributed by atoms with Crippen LogP contribution >= 0.6 is 0 Å². The van der Waals surface area contributed by atoms with Gasteiger partial charge in [0.15, 0.2) is 5.82 Å². The van der Waals surface area contributed by atoms with Gasteiger partial charge in [-0.15, -0.1) is 0 Å². The highest BCUT2D eigenvalue weighted by atomic mass is 19.4. The Labute approximate surface area is 216 Å². The largest absolute Gasteiger partial charge is 0.393 e. The van der Waals surface area contributed by atoms with Crippen molar-refractivity contribution in [3.63, 3.8) is 0 Å². The van der Waals surface area contributed by atoms with Crippen LogP contribution in [0.5, 0.6) is 0 Å². The molecular formula is C26H38F3N7O. The van der Waals surface area contributed by atoms with Gasteiger partial charge in [-0.1, -0.05) is 33.1 Å². The Bertz CT molecular complexity index is 1130. The lowest BCUT2D eigenvalue weighted by atomic mass is 9.86. The third-order valence-corrected chi connectivity index (χ3v) is 8.62. The van der Waals surface area contributed by atoms with Crippen molar-refractivity contribution >= 4 is 17.5 Å². The van der Waals surface area contributed by atoms with E-state index in [1.54, 1.807) is 4.52 Å². The summed E-state index contributed by atoms with van der Waals surface area (Å²) in [6.07, 6.45) is 4.16. The van der Waals surface area contributed by atoms with Crippen molar-refractivity contribution in [3.8, 4) is 0 Å². The van der Waals surface area contributed by atoms with Crippen LogP contribution in [0, 0.1) is 11.8 Å². The van der Waals surface area contributed by atoms with Crippen LogP contribution in [0.25, 0.3) is 5.78 Å². The first-order valence-corrected chi connectivity index (χ1v) is 13.7. The van der Waals surface area contributed by atoms with E-state index in [1.807, 2.05) is 6.20 Å². The predicted octanol–water partition coefficient (Wildman–Crippen LogP) is 3.95. The Morgan fingerprint density at radius 3 is 2.70 bits per heavy atom. The average molecular weight is 522 g/mol. The Hall–Kier alpha value is -2.43. The molecule has 1 aliphatic carbocycles. The second kappa shape index (κ2) is 10.0. The Kier molecular flexibility index (Phi) is 7.10. The topological polar surface area (TPSA) is 78.7 Å². The average Bonchev–Trinajstić information content (AvgIpc) is 3.50. The van der Waals surface area contributed by atoms with Crippen molar-refractivity contribution in [2.24, 2.45) is 11.8 Å². The van der Waals surface area contributed by atoms with Crippen LogP contribution in [0.3, 0.4) is 0 Å². The second-order valence-corrected chi connectivity index (χ2v) is 11.4. The highest BCUT2D eigenvalue weighted by Gasteiger charge is 2.50. The van der Waals surface area contributed by atoms with E-state index in [0.717, 1.165) is 57.4 Å². The van der Waals surface area contributed by atoms with E-state index in [0.29, 0.717) is 17.3 Å². The van der Waals surface area contributed by atoms with Gasteiger partial charge in [0, 0.05) is 50.0 Å². The lowest BCUT2D eigenvalue weighted by Gasteiger charge is -2.41. The van der Waals surface area contributed by atoms with E-state index < -0.39 is 18.0 Å². The van der Waals surface area contributed by atoms with E-state index in [9.17, 15) is 18.0 Å². The number of hydrogen-bond acceptors (Lipinski definition) is 6. The van der Waals surface area contributed by atoms with Gasteiger partial charge in [0.05, 0.1) is 17.8 Å². The molecule has 0 aromatic carbocycles. The number of hydrogen-bond donors (Lipinski definition) is 1. The van der Waals surface area contributed by atoms with Gasteiger partial charge in [-0.2, -0.15) is 23.3 Å². The van der Waals surface area contributed by atoms with Crippen LogP contribution in [-0.2, 0) is 11.2 Å². The molecule has 3 aliphatic rings. The number of halogens is 3. The molecule has 1 N–H and O–H groups in total. The molecule has 1 saturated carbocycles. The number of piperidine rings is 1. The van der Waals surface area contributed by atoms with E-state index in [1.165, 1.54) is 6.42 Å². The quantitative estimate of drug-likeness (QED) is 0.530. The van der Waals surface area contributed by atoms with Crippen molar-refractivity contribution in [1.82, 2.24) is 29.8 Å². The van der Waals surface area contributed by atoms with E-state index in [2.05, 4.69) is 36.0 Å². The van der Waals surface area contributed by atoms with Gasteiger partial charge in [0.2, 0.25) is 5.91 Å². The summed E-state index contributed by atoms with van der Waals surface area (Å²) in [7, 11) is 2.14. The standard InChI is InChI=1S/C26H38F3N7O/c1-4-5-6-7-17(2)21-15-36-24(31-21)32-22(35-11-10-34(3)25(16-35)8-9-25)20(33-36)13-18-12-19(26(27,28)29)14-30-23(18)37/h15,17-19H,4-14,16H2,1-3H3,(H,30,37)/t17?,18-,19-/m1/s1. The van der Waals surface area contributed by atoms with Gasteiger partial charge >= 0.3 is 6.18 Å². The fraction of sp³-hybridized carbons (Fsp3) is 0.769. The van der Waals surface area contributed by atoms with Gasteiger partial charge in [-0.05, 0) is 32.7 Å². The molecule has 0 radical (unpaired) electrons. The minimum absolute atomic E-state index is 0.121. The van der Waals surface area contributed by atoms with Crippen LogP contribution in [0.1, 0.15) is 76.1 Å². The zero-order chi connectivity index (χ0) is 26.4. The van der Waals surface area contributed by atoms with Crippen LogP contribution in [0.2, 0.25) is 0 Å². The number of amides is 1. The number of nitrogens with one attached hydrogen (secondary N) is 1. The fourth-order valence-electron chi connectivity index (χ4n) is 5.82. The normalized spacial score (nSPS) is 25.0. The summed E-state index contributed by atoms with van der Waals surface area (Å²) in [6, 6.07) is 0. The number of alkyl halides is 3. The van der Waals surface area contributed by atoms with Crippen LogP contribution in [0.4, 0.5) is 19.0 Å². The molecule has 2 aromatic rings. The summed E-state index contributed by atoms with van der Waals surface area (Å²) in [6.45, 7) is 6.39. The van der Waals surface area contributed by atoms with Crippen molar-refractivity contribution in [2.45, 2.75) is 82.8 Å². The van der Waals surface area contributed by atoms with Crippen molar-refractivity contribution in [1.29, 1.82) is 0 Å². The number of nitrogens with zero attached hydrogens (tertiary/aromatic N) is 6. The second-order valence-electron chi connectivity index (χ2n) is 11.4. The van der Waals surface area contributed by atoms with Crippen LogP contribution in [-0.4, -0.2) is 75.3 Å². The molecule has 4 heterocycles. The summed E-state index contributed by atoms with van der Waals surface area (Å²) in [5, 5.41) is 7.30. The molecule has 204 valence electrons. The lowest BCUT2D eigenvalue weighted by Crippen LogP contribution is -2.54. The molecule has 8 nitrogen and oxygen atoms in total. The number of anilines is 1. The summed E-state index contributed by atoms with van der Waals surface area (Å²) in [5.74, 6) is -1.27. The number of piperazine rings is 1. The maximum Gasteiger partial charge on any atom is 0.393 e. The molecule has 2 aliphatic heterocycles. The number of aromatic nitrogens is 4. The first-order valence-electron chi connectivity index (χ1n) is 13.7. The first-order chi connectivity index (χ1) is 17.6. The maximum absolute atomic E-state index is 13.5. The van der Waals surface area contributed by atoms with Gasteiger partial charge in [-0.3, -0.25) is 9.69 Å². The van der Waals surface area contributed by atoms with Crippen LogP contribution in [0.15, 0.2) is 6.20 Å². The van der Waals surface area contributed by atoms with E-state index in [4.69, 9.17) is 15.1 Å². The first kappa shape index (κ1) is 26.2. The minimum atomic E-state index is -4.34. The third-order valence-electron chi connectivity index (χ3n) is 8.62. The molecule has 0 bridgehead atoms. The highest BCUT2D eigenvalue weighted by molar-refractivity contribution is 5.80. The van der Waals surface area contributed by atoms with Crippen molar-refractivity contribution in [2.75, 3.05) is 38.1 Å². The smallest absolute Gasteiger partial charge is 0.355 e. The van der Waals surface area contributed by atoms with Gasteiger partial charge in [-0.25, -0.2) is 9.50 Å². The molecular weight excluding hydrogens is 483 g/mol. The number of carbonyl (C=O) groups is 1. The molecule has 3 atom stereocenters. The predicted molar refractivity (Wildman–Crippen MR) is 135 cm³/mol. The summed E-state index contributed by atoms with van der Waals surface area (Å²) in [4.78, 5) is 26.9. The van der Waals surface area contributed by atoms with Crippen molar-refractivity contribution in [3.05, 3.63) is 17.6 Å². The van der Waals surface area contributed by atoms with Gasteiger partial charge in [0.1, 0.15) is 5.69 Å². The molecule has 5 rings (SSSR count). The summed E-state index contributed by atoms with van der Waals surface area (Å²) in [5.41, 5.74) is 1.61. The number of carbonyl (C=O) groups excluding carboxylic acids is 1. The number of fused-ring (bicyclic) bond motifs is 1. The summed E-state index contributed by atoms with van der Waals surface area (Å²) >= 11 is 0. The number of imidazole rings is 1. The zero-order valence-corrected chi connectivity index (χ0v) is 22.0. The molecule has 1 spiro atoms. The molecule has 1 unspecified atom stereocenters. The molecule has 2 aromatic heterocycles. The third kappa shape index (κ3) is 5.42. The Balaban J connectivity index is 1.46. The van der Waals surface area contributed by atoms with Gasteiger partial charge < -0.3 is 10.2 Å². The number of likely N-dealkylation sites (N-methyl/N-ethyl adjacent to an activating group) is 1. The lowest BCUT2D eigenvalue weighted by molar-refractivity contribution is -0.183. The molecule has 11 heteroatoms. The number of rotatable bonds is 8. The SMILES string of the molecule is CCCCCC(C)c1cn2nc(C[C@H]3C[C@@H](C(F)(F)F)CNC3=O)c(N3CCN(C)C4(CC4)C3)nc2n1. The van der Waals surface area contributed by atoms with E-state index >= 15 is 0 Å². The van der Waals surface area contributed by atoms with Gasteiger partial charge in [0.25, 0.3) is 5.78 Å². The number of unbranched alkanes of at least 4 members (excludes halogenated alkanes) is 2. The fourth-order valence-corrected chi connectivity index (χ4v) is 5.82. The monoisotopic (exact) mass is 521 g/mol. The Morgan fingerprint density at radius 1 is 1.22 bits per heavy atom. The minimum Gasteiger partial charge on any atom is -0.355 e. The molecule has 1 amide bonds. The molecule has 2 saturated heterocycles. The molecule has 3 fully saturated rings. The highest BCUT2D eigenvalue weighted by Crippen LogP contribution is 2.44. The van der Waals surface area contributed by atoms with E-state index in [-0.39, 0.29) is 36.8 Å². The molecule has 37 heavy (non-hydrogen) atoms.